The smallest absolute Gasteiger partial charge is 0.455 e. The molecule has 0 heterocycles. The second-order valence-electron chi connectivity index (χ2n) is 3.31. The fraction of sp³-hybridized carbons (Fsp3) is 0.500. The molecular weight excluding hydrogens is 253 g/mol. The van der Waals surface area contributed by atoms with Gasteiger partial charge in [-0.25, -0.2) is 19.1 Å². The maximum Gasteiger partial charge on any atom is 0.466 e. The van der Waals surface area contributed by atoms with Crippen LogP contribution in [0.1, 0.15) is 13.8 Å². The molecule has 0 aromatic carbocycles. The largest absolute Gasteiger partial charge is 0.466 e. The highest BCUT2D eigenvalue weighted by Crippen LogP contribution is 2.25. The highest BCUT2D eigenvalue weighted by atomic mass is 31.2. The molecule has 0 amide bonds. The van der Waals surface area contributed by atoms with Crippen molar-refractivity contribution in [1.29, 1.82) is 0 Å². The number of phosphoric acid groups is 1. The minimum Gasteiger partial charge on any atom is -0.455 e. The van der Waals surface area contributed by atoms with Crippen LogP contribution in [-0.2, 0) is 18.9 Å². The van der Waals surface area contributed by atoms with Crippen LogP contribution >= 0.6 is 7.82 Å². The number of hydrogen-bond donors (Lipinski definition) is 3. The van der Waals surface area contributed by atoms with Crippen LogP contribution in [0.3, 0.4) is 0 Å². The van der Waals surface area contributed by atoms with E-state index in [9.17, 15) is 9.59 Å². The van der Waals surface area contributed by atoms with Crippen molar-refractivity contribution in [1.82, 2.24) is 0 Å². The number of hydrogen-bond acceptors (Lipinski definition) is 5. The molecule has 0 saturated carbocycles. The summed E-state index contributed by atoms with van der Waals surface area (Å²) in [4.78, 5) is 45.3. The number of carbonyl (C=O) groups excluding carboxylic acids is 2. The molecule has 0 rings (SSSR count). The van der Waals surface area contributed by atoms with Crippen molar-refractivity contribution in [3.8, 4) is 0 Å². The summed E-state index contributed by atoms with van der Waals surface area (Å²) in [6.45, 7) is 6.65. The Morgan fingerprint density at radius 2 is 1.94 bits per heavy atom. The van der Waals surface area contributed by atoms with Gasteiger partial charge in [0.15, 0.2) is 0 Å². The van der Waals surface area contributed by atoms with E-state index >= 15 is 0 Å². The molecule has 3 N–H and O–H groups in total. The lowest BCUT2D eigenvalue weighted by atomic mass is 10.1. The van der Waals surface area contributed by atoms with Crippen molar-refractivity contribution < 1.29 is 33.6 Å². The third-order valence-electron chi connectivity index (χ3n) is 1.07. The maximum absolute atomic E-state index is 10.7. The van der Waals surface area contributed by atoms with Crippen LogP contribution in [0.5, 0.6) is 0 Å². The first-order valence-electron chi connectivity index (χ1n) is 4.19. The van der Waals surface area contributed by atoms with Gasteiger partial charge in [0.1, 0.15) is 5.60 Å². The second-order valence-corrected chi connectivity index (χ2v) is 4.33. The molecule has 8 nitrogen and oxygen atoms in total. The van der Waals surface area contributed by atoms with Gasteiger partial charge in [0.2, 0.25) is 6.08 Å². The van der Waals surface area contributed by atoms with Crippen molar-refractivity contribution in [2.45, 2.75) is 19.4 Å². The van der Waals surface area contributed by atoms with Gasteiger partial charge in [-0.15, -0.1) is 0 Å². The van der Waals surface area contributed by atoms with E-state index in [1.165, 1.54) is 6.08 Å². The SMILES string of the molecule is C=CC(=O)OC(C)(C)CN=C=O.O=P(O)(O)O. The van der Waals surface area contributed by atoms with Gasteiger partial charge in [-0.1, -0.05) is 6.58 Å². The van der Waals surface area contributed by atoms with Crippen molar-refractivity contribution >= 4 is 19.9 Å². The van der Waals surface area contributed by atoms with Gasteiger partial charge in [0.05, 0.1) is 6.54 Å². The molecule has 0 unspecified atom stereocenters. The molecular formula is C8H14NO7P. The summed E-state index contributed by atoms with van der Waals surface area (Å²) in [6, 6.07) is 0. The fourth-order valence-corrected chi connectivity index (χ4v) is 0.569. The van der Waals surface area contributed by atoms with Crippen LogP contribution in [-0.4, -0.2) is 38.9 Å². The third kappa shape index (κ3) is 20.7. The first-order chi connectivity index (χ1) is 7.52. The minimum atomic E-state index is -4.64. The lowest BCUT2D eigenvalue weighted by Crippen LogP contribution is -2.30. The normalized spacial score (nSPS) is 10.4. The van der Waals surface area contributed by atoms with Crippen LogP contribution in [0.2, 0.25) is 0 Å². The monoisotopic (exact) mass is 267 g/mol. The number of nitrogens with zero attached hydrogens (tertiary/aromatic N) is 1. The molecule has 0 radical (unpaired) electrons. The van der Waals surface area contributed by atoms with E-state index in [2.05, 4.69) is 11.6 Å². The Bertz CT molecular complexity index is 345. The zero-order valence-electron chi connectivity index (χ0n) is 9.36. The summed E-state index contributed by atoms with van der Waals surface area (Å²) in [5.74, 6) is -0.527. The predicted octanol–water partition coefficient (Wildman–Crippen LogP) is -0.0986. The lowest BCUT2D eigenvalue weighted by Gasteiger charge is -2.20. The Kier molecular flexibility index (Phi) is 8.39. The van der Waals surface area contributed by atoms with Crippen molar-refractivity contribution in [2.24, 2.45) is 4.99 Å². The van der Waals surface area contributed by atoms with Gasteiger partial charge in [-0.05, 0) is 13.8 Å². The number of ether oxygens (including phenoxy) is 1. The average Bonchev–Trinajstić information content (AvgIpc) is 2.11. The van der Waals surface area contributed by atoms with E-state index in [0.717, 1.165) is 6.08 Å². The standard InChI is InChI=1S/C8H11NO3.H3O4P/c1-4-7(11)12-8(2,3)5-9-6-10;1-5(2,3)4/h4H,1,5H2,2-3H3;(H3,1,2,3,4). The third-order valence-corrected chi connectivity index (χ3v) is 1.07. The second kappa shape index (κ2) is 7.89. The van der Waals surface area contributed by atoms with Gasteiger partial charge >= 0.3 is 13.8 Å². The molecule has 17 heavy (non-hydrogen) atoms. The Balaban J connectivity index is 0. The molecule has 0 fully saturated rings. The quantitative estimate of drug-likeness (QED) is 0.213. The van der Waals surface area contributed by atoms with Crippen molar-refractivity contribution in [3.63, 3.8) is 0 Å². The molecule has 0 aliphatic carbocycles. The molecule has 0 aromatic heterocycles. The molecule has 9 heteroatoms. The van der Waals surface area contributed by atoms with Crippen molar-refractivity contribution in [2.75, 3.05) is 6.54 Å². The van der Waals surface area contributed by atoms with Crippen LogP contribution < -0.4 is 0 Å². The van der Waals surface area contributed by atoms with E-state index in [-0.39, 0.29) is 6.54 Å². The van der Waals surface area contributed by atoms with Crippen molar-refractivity contribution in [3.05, 3.63) is 12.7 Å². The van der Waals surface area contributed by atoms with E-state index < -0.39 is 19.4 Å². The zero-order valence-corrected chi connectivity index (χ0v) is 10.3. The molecule has 0 spiro atoms. The molecule has 98 valence electrons. The van der Waals surface area contributed by atoms with Crippen LogP contribution in [0.4, 0.5) is 0 Å². The molecule has 0 aliphatic heterocycles. The maximum atomic E-state index is 10.7. The number of rotatable bonds is 4. The molecule has 0 atom stereocenters. The highest BCUT2D eigenvalue weighted by molar-refractivity contribution is 7.45. The lowest BCUT2D eigenvalue weighted by molar-refractivity contribution is -0.149. The first kappa shape index (κ1) is 18.1. The molecule has 0 bridgehead atoms. The highest BCUT2D eigenvalue weighted by Gasteiger charge is 2.20. The summed E-state index contributed by atoms with van der Waals surface area (Å²) in [7, 11) is -4.64. The van der Waals surface area contributed by atoms with Gasteiger partial charge < -0.3 is 19.4 Å². The Hall–Kier alpha value is -1.30. The minimum absolute atomic E-state index is 0.107. The summed E-state index contributed by atoms with van der Waals surface area (Å²) in [5, 5.41) is 0. The summed E-state index contributed by atoms with van der Waals surface area (Å²) in [6.07, 6.45) is 2.43. The number of isocyanates is 1. The van der Waals surface area contributed by atoms with Gasteiger partial charge in [0, 0.05) is 6.08 Å². The summed E-state index contributed by atoms with van der Waals surface area (Å²) >= 11 is 0. The summed E-state index contributed by atoms with van der Waals surface area (Å²) < 4.78 is 13.7. The predicted molar refractivity (Wildman–Crippen MR) is 57.6 cm³/mol. The molecule has 0 saturated heterocycles. The first-order valence-corrected chi connectivity index (χ1v) is 5.75. The fourth-order valence-electron chi connectivity index (χ4n) is 0.569. The summed E-state index contributed by atoms with van der Waals surface area (Å²) in [5.41, 5.74) is -0.775. The van der Waals surface area contributed by atoms with E-state index in [4.69, 9.17) is 24.0 Å². The van der Waals surface area contributed by atoms with Gasteiger partial charge in [0.25, 0.3) is 0 Å². The average molecular weight is 267 g/mol. The Morgan fingerprint density at radius 1 is 1.53 bits per heavy atom. The van der Waals surface area contributed by atoms with E-state index in [1.807, 2.05) is 0 Å². The van der Waals surface area contributed by atoms with Crippen LogP contribution in [0.25, 0.3) is 0 Å². The Morgan fingerprint density at radius 3 is 2.24 bits per heavy atom. The molecule has 0 aromatic rings. The Labute approximate surface area is 97.9 Å². The van der Waals surface area contributed by atoms with E-state index in [1.54, 1.807) is 13.8 Å². The number of esters is 1. The number of carbonyl (C=O) groups is 1. The zero-order chi connectivity index (χ0) is 14.1. The van der Waals surface area contributed by atoms with Gasteiger partial charge in [-0.3, -0.25) is 0 Å². The number of aliphatic imine (C=N–C) groups is 1. The molecule has 0 aliphatic rings. The van der Waals surface area contributed by atoms with Gasteiger partial charge in [-0.2, -0.15) is 0 Å². The van der Waals surface area contributed by atoms with E-state index in [0.29, 0.717) is 0 Å². The van der Waals surface area contributed by atoms with Crippen LogP contribution in [0, 0.1) is 0 Å². The topological polar surface area (TPSA) is 133 Å². The van der Waals surface area contributed by atoms with Crippen LogP contribution in [0.15, 0.2) is 17.6 Å².